The van der Waals surface area contributed by atoms with Gasteiger partial charge in [-0.05, 0) is 37.2 Å². The lowest BCUT2D eigenvalue weighted by atomic mass is 9.99. The third-order valence-electron chi connectivity index (χ3n) is 2.74. The van der Waals surface area contributed by atoms with Gasteiger partial charge in [-0.2, -0.15) is 0 Å². The normalized spacial score (nSPS) is 12.4. The largest absolute Gasteiger partial charge is 0.309 e. The zero-order chi connectivity index (χ0) is 11.4. The first-order valence-corrected chi connectivity index (χ1v) is 5.45. The van der Waals surface area contributed by atoms with Gasteiger partial charge in [-0.1, -0.05) is 29.8 Å². The first-order valence-electron chi connectivity index (χ1n) is 5.45. The molecule has 1 N–H and O–H groups in total. The van der Waals surface area contributed by atoms with Crippen LogP contribution in [0.25, 0.3) is 0 Å². The number of hydrogen-bond donors (Lipinski definition) is 1. The summed E-state index contributed by atoms with van der Waals surface area (Å²) in [6.07, 6.45) is 3.65. The standard InChI is InChI=1S/C14H16N2/c1-11-3-5-12(6-4-11)14(15-2)13-7-9-16-10-8-13/h3-10,14-15H,1-2H3. The summed E-state index contributed by atoms with van der Waals surface area (Å²) in [6.45, 7) is 2.10. The fourth-order valence-corrected chi connectivity index (χ4v) is 1.84. The van der Waals surface area contributed by atoms with E-state index in [9.17, 15) is 0 Å². The lowest BCUT2D eigenvalue weighted by molar-refractivity contribution is 0.690. The predicted octanol–water partition coefficient (Wildman–Crippen LogP) is 2.70. The van der Waals surface area contributed by atoms with Gasteiger partial charge in [-0.3, -0.25) is 4.98 Å². The Morgan fingerprint density at radius 1 is 0.938 bits per heavy atom. The zero-order valence-electron chi connectivity index (χ0n) is 9.64. The third-order valence-corrected chi connectivity index (χ3v) is 2.74. The fourth-order valence-electron chi connectivity index (χ4n) is 1.84. The van der Waals surface area contributed by atoms with Gasteiger partial charge in [0.2, 0.25) is 0 Å². The maximum atomic E-state index is 4.04. The molecule has 0 radical (unpaired) electrons. The van der Waals surface area contributed by atoms with Gasteiger partial charge in [-0.25, -0.2) is 0 Å². The molecule has 1 aromatic carbocycles. The van der Waals surface area contributed by atoms with Crippen molar-refractivity contribution in [3.05, 3.63) is 65.5 Å². The molecule has 0 bridgehead atoms. The minimum Gasteiger partial charge on any atom is -0.309 e. The van der Waals surface area contributed by atoms with Crippen LogP contribution in [0, 0.1) is 6.92 Å². The SMILES string of the molecule is CNC(c1ccncc1)c1ccc(C)cc1. The smallest absolute Gasteiger partial charge is 0.0575 e. The van der Waals surface area contributed by atoms with Crippen molar-refractivity contribution in [1.82, 2.24) is 10.3 Å². The zero-order valence-corrected chi connectivity index (χ0v) is 9.64. The molecule has 0 amide bonds. The Kier molecular flexibility index (Phi) is 3.32. The maximum absolute atomic E-state index is 4.04. The quantitative estimate of drug-likeness (QED) is 0.846. The molecule has 2 heteroatoms. The van der Waals surface area contributed by atoms with Crippen molar-refractivity contribution in [3.8, 4) is 0 Å². The molecule has 0 fully saturated rings. The molecule has 1 unspecified atom stereocenters. The second kappa shape index (κ2) is 4.90. The van der Waals surface area contributed by atoms with Crippen LogP contribution in [0.4, 0.5) is 0 Å². The molecular formula is C14H16N2. The van der Waals surface area contributed by atoms with E-state index < -0.39 is 0 Å². The van der Waals surface area contributed by atoms with Gasteiger partial charge in [0, 0.05) is 12.4 Å². The summed E-state index contributed by atoms with van der Waals surface area (Å²) in [7, 11) is 1.98. The topological polar surface area (TPSA) is 24.9 Å². The van der Waals surface area contributed by atoms with E-state index in [1.54, 1.807) is 0 Å². The second-order valence-corrected chi connectivity index (χ2v) is 3.91. The highest BCUT2D eigenvalue weighted by Gasteiger charge is 2.10. The predicted molar refractivity (Wildman–Crippen MR) is 66.3 cm³/mol. The molecule has 2 rings (SSSR count). The van der Waals surface area contributed by atoms with Crippen LogP contribution in [-0.2, 0) is 0 Å². The Bertz CT molecular complexity index is 434. The molecule has 2 nitrogen and oxygen atoms in total. The number of aromatic nitrogens is 1. The van der Waals surface area contributed by atoms with Crippen LogP contribution in [0.2, 0.25) is 0 Å². The lowest BCUT2D eigenvalue weighted by Crippen LogP contribution is -2.17. The van der Waals surface area contributed by atoms with Crippen molar-refractivity contribution in [2.45, 2.75) is 13.0 Å². The summed E-state index contributed by atoms with van der Waals surface area (Å²) in [5, 5.41) is 3.33. The molecule has 1 aromatic heterocycles. The Balaban J connectivity index is 2.33. The van der Waals surface area contributed by atoms with Gasteiger partial charge in [0.15, 0.2) is 0 Å². The molecule has 1 atom stereocenters. The maximum Gasteiger partial charge on any atom is 0.0575 e. The molecule has 2 aromatic rings. The molecule has 0 spiro atoms. The van der Waals surface area contributed by atoms with E-state index >= 15 is 0 Å². The van der Waals surface area contributed by atoms with E-state index in [2.05, 4.69) is 41.5 Å². The Morgan fingerprint density at radius 3 is 2.06 bits per heavy atom. The highest BCUT2D eigenvalue weighted by Crippen LogP contribution is 2.21. The highest BCUT2D eigenvalue weighted by molar-refractivity contribution is 5.32. The first-order chi connectivity index (χ1) is 7.81. The molecule has 0 aliphatic rings. The van der Waals surface area contributed by atoms with Crippen molar-refractivity contribution in [2.75, 3.05) is 7.05 Å². The molecule has 82 valence electrons. The van der Waals surface area contributed by atoms with Crippen LogP contribution in [0.1, 0.15) is 22.7 Å². The van der Waals surface area contributed by atoms with Crippen molar-refractivity contribution in [2.24, 2.45) is 0 Å². The van der Waals surface area contributed by atoms with Crippen LogP contribution in [0.3, 0.4) is 0 Å². The van der Waals surface area contributed by atoms with Gasteiger partial charge in [0.05, 0.1) is 6.04 Å². The van der Waals surface area contributed by atoms with E-state index in [-0.39, 0.29) is 6.04 Å². The number of hydrogen-bond acceptors (Lipinski definition) is 2. The van der Waals surface area contributed by atoms with E-state index in [0.717, 1.165) is 0 Å². The highest BCUT2D eigenvalue weighted by atomic mass is 14.9. The summed E-state index contributed by atoms with van der Waals surface area (Å²) in [5.74, 6) is 0. The average Bonchev–Trinajstić information content (AvgIpc) is 2.34. The van der Waals surface area contributed by atoms with E-state index in [1.807, 2.05) is 31.6 Å². The van der Waals surface area contributed by atoms with Gasteiger partial charge < -0.3 is 5.32 Å². The van der Waals surface area contributed by atoms with E-state index in [0.29, 0.717) is 0 Å². The minimum atomic E-state index is 0.239. The lowest BCUT2D eigenvalue weighted by Gasteiger charge is -2.17. The number of aryl methyl sites for hydroxylation is 1. The van der Waals surface area contributed by atoms with Crippen LogP contribution in [-0.4, -0.2) is 12.0 Å². The number of nitrogens with one attached hydrogen (secondary N) is 1. The van der Waals surface area contributed by atoms with E-state index in [1.165, 1.54) is 16.7 Å². The Labute approximate surface area is 96.4 Å². The Morgan fingerprint density at radius 2 is 1.50 bits per heavy atom. The van der Waals surface area contributed by atoms with E-state index in [4.69, 9.17) is 0 Å². The number of rotatable bonds is 3. The number of pyridine rings is 1. The van der Waals surface area contributed by atoms with Crippen molar-refractivity contribution in [3.63, 3.8) is 0 Å². The Hall–Kier alpha value is -1.67. The van der Waals surface area contributed by atoms with Gasteiger partial charge >= 0.3 is 0 Å². The van der Waals surface area contributed by atoms with Gasteiger partial charge in [-0.15, -0.1) is 0 Å². The van der Waals surface area contributed by atoms with Crippen molar-refractivity contribution >= 4 is 0 Å². The monoisotopic (exact) mass is 212 g/mol. The number of benzene rings is 1. The molecule has 16 heavy (non-hydrogen) atoms. The summed E-state index contributed by atoms with van der Waals surface area (Å²) >= 11 is 0. The molecule has 1 heterocycles. The van der Waals surface area contributed by atoms with Crippen LogP contribution in [0.15, 0.2) is 48.8 Å². The van der Waals surface area contributed by atoms with Gasteiger partial charge in [0.25, 0.3) is 0 Å². The molecular weight excluding hydrogens is 196 g/mol. The number of nitrogens with zero attached hydrogens (tertiary/aromatic N) is 1. The van der Waals surface area contributed by atoms with Crippen molar-refractivity contribution in [1.29, 1.82) is 0 Å². The fraction of sp³-hybridized carbons (Fsp3) is 0.214. The summed E-state index contributed by atoms with van der Waals surface area (Å²) in [6, 6.07) is 12.9. The van der Waals surface area contributed by atoms with Gasteiger partial charge in [0.1, 0.15) is 0 Å². The van der Waals surface area contributed by atoms with Crippen LogP contribution >= 0.6 is 0 Å². The van der Waals surface area contributed by atoms with Crippen LogP contribution in [0.5, 0.6) is 0 Å². The molecule has 0 aliphatic heterocycles. The summed E-state index contributed by atoms with van der Waals surface area (Å²) in [4.78, 5) is 4.04. The summed E-state index contributed by atoms with van der Waals surface area (Å²) < 4.78 is 0. The first kappa shape index (κ1) is 10.8. The third kappa shape index (κ3) is 2.28. The molecule has 0 aliphatic carbocycles. The minimum absolute atomic E-state index is 0.239. The molecule has 0 saturated carbocycles. The van der Waals surface area contributed by atoms with Crippen molar-refractivity contribution < 1.29 is 0 Å². The second-order valence-electron chi connectivity index (χ2n) is 3.91. The van der Waals surface area contributed by atoms with Crippen LogP contribution < -0.4 is 5.32 Å². The average molecular weight is 212 g/mol. The summed E-state index contributed by atoms with van der Waals surface area (Å²) in [5.41, 5.74) is 3.80. The molecule has 0 saturated heterocycles.